The van der Waals surface area contributed by atoms with Crippen molar-refractivity contribution < 1.29 is 9.32 Å². The second-order valence-corrected chi connectivity index (χ2v) is 7.45. The number of rotatable bonds is 5. The number of carbonyl (C=O) groups excluding carboxylic acids is 1. The zero-order valence-corrected chi connectivity index (χ0v) is 15.8. The lowest BCUT2D eigenvalue weighted by atomic mass is 10.0. The van der Waals surface area contributed by atoms with Crippen molar-refractivity contribution in [1.29, 1.82) is 0 Å². The molecule has 0 radical (unpaired) electrons. The second-order valence-electron chi connectivity index (χ2n) is 6.50. The van der Waals surface area contributed by atoms with E-state index >= 15 is 0 Å². The summed E-state index contributed by atoms with van der Waals surface area (Å²) in [7, 11) is 0. The highest BCUT2D eigenvalue weighted by molar-refractivity contribution is 7.12. The van der Waals surface area contributed by atoms with Crippen molar-refractivity contribution in [3.63, 3.8) is 0 Å². The highest BCUT2D eigenvalue weighted by Crippen LogP contribution is 2.26. The SMILES string of the molecule is Cc1ccc(C)c(-c2cc(CN(C(=O)c3cccs3)C(C)C)no2)c1. The van der Waals surface area contributed by atoms with Gasteiger partial charge in [-0.15, -0.1) is 11.3 Å². The van der Waals surface area contributed by atoms with Gasteiger partial charge in [0.05, 0.1) is 11.4 Å². The van der Waals surface area contributed by atoms with Crippen molar-refractivity contribution in [3.05, 3.63) is 63.5 Å². The molecule has 0 saturated carbocycles. The first-order valence-corrected chi connectivity index (χ1v) is 9.21. The van der Waals surface area contributed by atoms with Crippen LogP contribution in [0, 0.1) is 13.8 Å². The molecule has 1 amide bonds. The van der Waals surface area contributed by atoms with E-state index in [1.54, 1.807) is 0 Å². The molecular weight excluding hydrogens is 332 g/mol. The van der Waals surface area contributed by atoms with Gasteiger partial charge in [0, 0.05) is 17.7 Å². The van der Waals surface area contributed by atoms with Crippen molar-refractivity contribution in [3.8, 4) is 11.3 Å². The van der Waals surface area contributed by atoms with Crippen molar-refractivity contribution in [2.45, 2.75) is 40.3 Å². The monoisotopic (exact) mass is 354 g/mol. The summed E-state index contributed by atoms with van der Waals surface area (Å²) in [5, 5.41) is 6.10. The van der Waals surface area contributed by atoms with Gasteiger partial charge in [-0.05, 0) is 50.8 Å². The molecule has 1 aromatic carbocycles. The van der Waals surface area contributed by atoms with Crippen molar-refractivity contribution in [2.75, 3.05) is 0 Å². The zero-order valence-electron chi connectivity index (χ0n) is 14.9. The molecule has 2 heterocycles. The van der Waals surface area contributed by atoms with Crippen LogP contribution in [0.15, 0.2) is 46.3 Å². The van der Waals surface area contributed by atoms with E-state index in [-0.39, 0.29) is 11.9 Å². The molecule has 4 nitrogen and oxygen atoms in total. The van der Waals surface area contributed by atoms with Gasteiger partial charge in [-0.1, -0.05) is 28.9 Å². The summed E-state index contributed by atoms with van der Waals surface area (Å²) in [6.45, 7) is 8.56. The maximum Gasteiger partial charge on any atom is 0.264 e. The van der Waals surface area contributed by atoms with E-state index in [1.165, 1.54) is 16.9 Å². The van der Waals surface area contributed by atoms with Gasteiger partial charge < -0.3 is 9.42 Å². The van der Waals surface area contributed by atoms with E-state index in [9.17, 15) is 4.79 Å². The highest BCUT2D eigenvalue weighted by Gasteiger charge is 2.21. The number of aromatic nitrogens is 1. The van der Waals surface area contributed by atoms with Gasteiger partial charge in [-0.3, -0.25) is 4.79 Å². The molecule has 5 heteroatoms. The summed E-state index contributed by atoms with van der Waals surface area (Å²) < 4.78 is 5.55. The molecule has 0 N–H and O–H groups in total. The molecule has 0 bridgehead atoms. The first-order valence-electron chi connectivity index (χ1n) is 8.33. The number of thiophene rings is 1. The lowest BCUT2D eigenvalue weighted by Crippen LogP contribution is -2.36. The third kappa shape index (κ3) is 3.82. The van der Waals surface area contributed by atoms with Crippen LogP contribution < -0.4 is 0 Å². The van der Waals surface area contributed by atoms with Gasteiger partial charge in [0.15, 0.2) is 5.76 Å². The smallest absolute Gasteiger partial charge is 0.264 e. The summed E-state index contributed by atoms with van der Waals surface area (Å²) in [6, 6.07) is 12.0. The first-order chi connectivity index (χ1) is 12.0. The standard InChI is InChI=1S/C20H22N2O2S/c1-13(2)22(20(23)19-6-5-9-25-19)12-16-11-18(24-21-16)17-10-14(3)7-8-15(17)4/h5-11,13H,12H2,1-4H3. The third-order valence-electron chi connectivity index (χ3n) is 4.17. The van der Waals surface area contributed by atoms with E-state index in [0.717, 1.165) is 27.5 Å². The van der Waals surface area contributed by atoms with Crippen LogP contribution in [0.4, 0.5) is 0 Å². The van der Waals surface area contributed by atoms with E-state index in [1.807, 2.05) is 42.3 Å². The van der Waals surface area contributed by atoms with E-state index in [2.05, 4.69) is 37.2 Å². The Kier molecular flexibility index (Phi) is 5.04. The molecule has 3 rings (SSSR count). The molecule has 0 spiro atoms. The minimum Gasteiger partial charge on any atom is -0.356 e. The van der Waals surface area contributed by atoms with Crippen LogP contribution in [-0.2, 0) is 6.54 Å². The fraction of sp³-hybridized carbons (Fsp3) is 0.300. The van der Waals surface area contributed by atoms with Gasteiger partial charge in [-0.25, -0.2) is 0 Å². The number of benzene rings is 1. The Morgan fingerprint density at radius 2 is 2.04 bits per heavy atom. The van der Waals surface area contributed by atoms with Crippen LogP contribution >= 0.6 is 11.3 Å². The number of hydrogen-bond acceptors (Lipinski definition) is 4. The van der Waals surface area contributed by atoms with Gasteiger partial charge >= 0.3 is 0 Å². The maximum atomic E-state index is 12.7. The highest BCUT2D eigenvalue weighted by atomic mass is 32.1. The lowest BCUT2D eigenvalue weighted by Gasteiger charge is -2.25. The molecule has 0 saturated heterocycles. The third-order valence-corrected chi connectivity index (χ3v) is 5.02. The Bertz CT molecular complexity index is 866. The molecule has 0 atom stereocenters. The molecule has 130 valence electrons. The van der Waals surface area contributed by atoms with Gasteiger partial charge in [-0.2, -0.15) is 0 Å². The van der Waals surface area contributed by atoms with Crippen LogP contribution in [0.5, 0.6) is 0 Å². The molecule has 0 aliphatic carbocycles. The van der Waals surface area contributed by atoms with Gasteiger partial charge in [0.1, 0.15) is 5.69 Å². The van der Waals surface area contributed by atoms with Gasteiger partial charge in [0.25, 0.3) is 5.91 Å². The van der Waals surface area contributed by atoms with Crippen LogP contribution in [-0.4, -0.2) is 22.0 Å². The minimum atomic E-state index is 0.0290. The Morgan fingerprint density at radius 3 is 2.72 bits per heavy atom. The summed E-state index contributed by atoms with van der Waals surface area (Å²) in [5.41, 5.74) is 4.12. The first kappa shape index (κ1) is 17.4. The van der Waals surface area contributed by atoms with E-state index in [4.69, 9.17) is 4.52 Å². The number of carbonyl (C=O) groups is 1. The molecule has 0 aliphatic rings. The Balaban J connectivity index is 1.84. The molecule has 0 fully saturated rings. The van der Waals surface area contributed by atoms with Crippen molar-refractivity contribution >= 4 is 17.2 Å². The quantitative estimate of drug-likeness (QED) is 0.642. The number of aryl methyl sites for hydroxylation is 2. The summed E-state index contributed by atoms with van der Waals surface area (Å²) in [6.07, 6.45) is 0. The fourth-order valence-electron chi connectivity index (χ4n) is 2.72. The molecular formula is C20H22N2O2S. The Hall–Kier alpha value is -2.40. The second kappa shape index (κ2) is 7.23. The maximum absolute atomic E-state index is 12.7. The lowest BCUT2D eigenvalue weighted by molar-refractivity contribution is 0.0691. The molecule has 25 heavy (non-hydrogen) atoms. The predicted molar refractivity (Wildman–Crippen MR) is 101 cm³/mol. The minimum absolute atomic E-state index is 0.0290. The average molecular weight is 354 g/mol. The Morgan fingerprint density at radius 1 is 1.24 bits per heavy atom. The largest absolute Gasteiger partial charge is 0.356 e. The van der Waals surface area contributed by atoms with Crippen LogP contribution in [0.2, 0.25) is 0 Å². The molecule has 0 unspecified atom stereocenters. The average Bonchev–Trinajstić information content (AvgIpc) is 3.25. The van der Waals surface area contributed by atoms with Crippen LogP contribution in [0.3, 0.4) is 0 Å². The zero-order chi connectivity index (χ0) is 18.0. The van der Waals surface area contributed by atoms with E-state index < -0.39 is 0 Å². The van der Waals surface area contributed by atoms with Crippen LogP contribution in [0.25, 0.3) is 11.3 Å². The Labute approximate surface area is 152 Å². The van der Waals surface area contributed by atoms with E-state index in [0.29, 0.717) is 6.54 Å². The van der Waals surface area contributed by atoms with Gasteiger partial charge in [0.2, 0.25) is 0 Å². The fourth-order valence-corrected chi connectivity index (χ4v) is 3.40. The molecule has 3 aromatic rings. The van der Waals surface area contributed by atoms with Crippen molar-refractivity contribution in [1.82, 2.24) is 10.1 Å². The summed E-state index contributed by atoms with van der Waals surface area (Å²) in [5.74, 6) is 0.768. The molecule has 0 aliphatic heterocycles. The number of hydrogen-bond donors (Lipinski definition) is 0. The number of nitrogens with zero attached hydrogens (tertiary/aromatic N) is 2. The molecule has 2 aromatic heterocycles. The summed E-state index contributed by atoms with van der Waals surface area (Å²) >= 11 is 1.46. The van der Waals surface area contributed by atoms with Crippen molar-refractivity contribution in [2.24, 2.45) is 0 Å². The topological polar surface area (TPSA) is 46.3 Å². The normalized spacial score (nSPS) is 11.1. The van der Waals surface area contributed by atoms with Crippen LogP contribution in [0.1, 0.15) is 40.3 Å². The predicted octanol–water partition coefficient (Wildman–Crippen LogP) is 5.07. The summed E-state index contributed by atoms with van der Waals surface area (Å²) in [4.78, 5) is 15.3. The number of amides is 1.